The predicted molar refractivity (Wildman–Crippen MR) is 99.2 cm³/mol. The zero-order valence-electron chi connectivity index (χ0n) is 13.1. The van der Waals surface area contributed by atoms with Gasteiger partial charge in [0.1, 0.15) is 0 Å². The average molecular weight is 382 g/mol. The average Bonchev–Trinajstić information content (AvgIpc) is 3.00. The summed E-state index contributed by atoms with van der Waals surface area (Å²) in [5, 5.41) is 14.7. The van der Waals surface area contributed by atoms with Crippen molar-refractivity contribution in [3.63, 3.8) is 0 Å². The second kappa shape index (κ2) is 9.79. The van der Waals surface area contributed by atoms with E-state index in [2.05, 4.69) is 10.2 Å². The van der Waals surface area contributed by atoms with Crippen LogP contribution in [0.3, 0.4) is 0 Å². The van der Waals surface area contributed by atoms with E-state index < -0.39 is 0 Å². The van der Waals surface area contributed by atoms with E-state index in [-0.39, 0.29) is 34.7 Å². The van der Waals surface area contributed by atoms with Crippen LogP contribution < -0.4 is 5.32 Å². The lowest BCUT2D eigenvalue weighted by Crippen LogP contribution is -2.47. The Morgan fingerprint density at radius 2 is 1.83 bits per heavy atom. The highest BCUT2D eigenvalue weighted by molar-refractivity contribution is 7.15. The molecule has 0 aromatic carbocycles. The molecule has 0 bridgehead atoms. The minimum absolute atomic E-state index is 0. The molecular weight excluding hydrogens is 357 g/mol. The first-order chi connectivity index (χ1) is 10.3. The lowest BCUT2D eigenvalue weighted by Gasteiger charge is -2.40. The van der Waals surface area contributed by atoms with Crippen LogP contribution in [0.25, 0.3) is 0 Å². The van der Waals surface area contributed by atoms with Gasteiger partial charge in [0, 0.05) is 43.2 Å². The minimum Gasteiger partial charge on any atom is -0.314 e. The molecule has 5 nitrogen and oxygen atoms in total. The molecule has 0 unspecified atom stereocenters. The second-order valence-corrected chi connectivity index (χ2v) is 7.16. The van der Waals surface area contributed by atoms with Gasteiger partial charge in [-0.25, -0.2) is 0 Å². The number of nitrogens with one attached hydrogen (secondary N) is 1. The van der Waals surface area contributed by atoms with Gasteiger partial charge in [0.05, 0.1) is 4.92 Å². The normalized spacial score (nSPS) is 21.0. The molecule has 1 atom stereocenters. The van der Waals surface area contributed by atoms with Crippen molar-refractivity contribution in [2.45, 2.75) is 38.1 Å². The van der Waals surface area contributed by atoms with Gasteiger partial charge in [-0.1, -0.05) is 30.6 Å². The Bertz CT molecular complexity index is 471. The molecular formula is C15H25Cl2N3O2S. The summed E-state index contributed by atoms with van der Waals surface area (Å²) in [6.45, 7) is 4.15. The first-order valence-electron chi connectivity index (χ1n) is 7.94. The Balaban J connectivity index is 0.00000132. The van der Waals surface area contributed by atoms with E-state index in [1.165, 1.54) is 48.3 Å². The SMILES string of the molecule is Cl.Cl.O=[N+]([O-])c1ccc([C@H](C2CCCCC2)N2CCNCC2)s1. The van der Waals surface area contributed by atoms with E-state index in [4.69, 9.17) is 0 Å². The van der Waals surface area contributed by atoms with Gasteiger partial charge in [-0.05, 0) is 24.8 Å². The molecule has 2 aliphatic rings. The first-order valence-corrected chi connectivity index (χ1v) is 8.76. The summed E-state index contributed by atoms with van der Waals surface area (Å²) < 4.78 is 0. The van der Waals surface area contributed by atoms with Crippen LogP contribution in [-0.4, -0.2) is 36.0 Å². The van der Waals surface area contributed by atoms with E-state index in [9.17, 15) is 10.1 Å². The van der Waals surface area contributed by atoms with Crippen LogP contribution in [0.1, 0.15) is 43.0 Å². The largest absolute Gasteiger partial charge is 0.324 e. The smallest absolute Gasteiger partial charge is 0.314 e. The van der Waals surface area contributed by atoms with Crippen molar-refractivity contribution in [2.75, 3.05) is 26.2 Å². The highest BCUT2D eigenvalue weighted by atomic mass is 35.5. The number of piperazine rings is 1. The quantitative estimate of drug-likeness (QED) is 0.631. The molecule has 0 radical (unpaired) electrons. The van der Waals surface area contributed by atoms with Crippen LogP contribution in [0.5, 0.6) is 0 Å². The number of nitrogens with zero attached hydrogens (tertiary/aromatic N) is 2. The van der Waals surface area contributed by atoms with E-state index in [0.717, 1.165) is 26.2 Å². The maximum absolute atomic E-state index is 11.0. The second-order valence-electron chi connectivity index (χ2n) is 6.06. The van der Waals surface area contributed by atoms with E-state index in [1.807, 2.05) is 6.07 Å². The van der Waals surface area contributed by atoms with Gasteiger partial charge in [0.25, 0.3) is 0 Å². The van der Waals surface area contributed by atoms with Crippen LogP contribution in [0.2, 0.25) is 0 Å². The molecule has 1 saturated carbocycles. The highest BCUT2D eigenvalue weighted by Gasteiger charge is 2.32. The fraction of sp³-hybridized carbons (Fsp3) is 0.733. The molecule has 3 rings (SSSR count). The van der Waals surface area contributed by atoms with E-state index in [1.54, 1.807) is 6.07 Å². The first kappa shape index (κ1) is 20.6. The fourth-order valence-corrected chi connectivity index (χ4v) is 4.77. The summed E-state index contributed by atoms with van der Waals surface area (Å²) >= 11 is 1.38. The number of hydrogen-bond acceptors (Lipinski definition) is 5. The van der Waals surface area contributed by atoms with Crippen molar-refractivity contribution in [1.29, 1.82) is 0 Å². The van der Waals surface area contributed by atoms with Gasteiger partial charge in [0.2, 0.25) is 0 Å². The Morgan fingerprint density at radius 1 is 1.17 bits per heavy atom. The minimum atomic E-state index is -0.260. The van der Waals surface area contributed by atoms with E-state index in [0.29, 0.717) is 12.0 Å². The molecule has 1 aliphatic carbocycles. The predicted octanol–water partition coefficient (Wildman–Crippen LogP) is 4.03. The standard InChI is InChI=1S/C15H23N3O2S.2ClH/c19-18(20)14-7-6-13(21-14)15(12-4-2-1-3-5-12)17-10-8-16-9-11-17;;/h6-7,12,15-16H,1-5,8-11H2;2*1H/t15-;;/m0../s1. The summed E-state index contributed by atoms with van der Waals surface area (Å²) in [5.41, 5.74) is 0. The van der Waals surface area contributed by atoms with Crippen molar-refractivity contribution in [2.24, 2.45) is 5.92 Å². The van der Waals surface area contributed by atoms with Gasteiger partial charge in [-0.15, -0.1) is 24.8 Å². The molecule has 1 aromatic rings. The third-order valence-corrected chi connectivity index (χ3v) is 5.83. The Hall–Kier alpha value is -0.400. The monoisotopic (exact) mass is 381 g/mol. The molecule has 0 spiro atoms. The summed E-state index contributed by atoms with van der Waals surface area (Å²) in [6, 6.07) is 4.05. The fourth-order valence-electron chi connectivity index (χ4n) is 3.72. The van der Waals surface area contributed by atoms with Crippen LogP contribution >= 0.6 is 36.2 Å². The van der Waals surface area contributed by atoms with Gasteiger partial charge in [0.15, 0.2) is 0 Å². The Kier molecular flexibility index (Phi) is 8.79. The zero-order chi connectivity index (χ0) is 14.7. The third kappa shape index (κ3) is 5.03. The molecule has 8 heteroatoms. The van der Waals surface area contributed by atoms with Gasteiger partial charge >= 0.3 is 5.00 Å². The Morgan fingerprint density at radius 3 is 2.39 bits per heavy atom. The molecule has 1 aromatic heterocycles. The summed E-state index contributed by atoms with van der Waals surface area (Å²) in [4.78, 5) is 14.5. The maximum Gasteiger partial charge on any atom is 0.324 e. The van der Waals surface area contributed by atoms with Gasteiger partial charge in [-0.2, -0.15) is 0 Å². The molecule has 2 heterocycles. The number of halogens is 2. The Labute approximate surface area is 153 Å². The van der Waals surface area contributed by atoms with Crippen LogP contribution in [0.4, 0.5) is 5.00 Å². The van der Waals surface area contributed by atoms with Crippen molar-refractivity contribution in [1.82, 2.24) is 10.2 Å². The van der Waals surface area contributed by atoms with Gasteiger partial charge in [-0.3, -0.25) is 15.0 Å². The van der Waals surface area contributed by atoms with Crippen molar-refractivity contribution < 1.29 is 4.92 Å². The van der Waals surface area contributed by atoms with Crippen LogP contribution in [0, 0.1) is 16.0 Å². The molecule has 132 valence electrons. The number of rotatable bonds is 4. The topological polar surface area (TPSA) is 58.4 Å². The van der Waals surface area contributed by atoms with Crippen LogP contribution in [-0.2, 0) is 0 Å². The lowest BCUT2D eigenvalue weighted by atomic mass is 9.82. The van der Waals surface area contributed by atoms with Crippen molar-refractivity contribution in [3.05, 3.63) is 27.1 Å². The summed E-state index contributed by atoms with van der Waals surface area (Å²) in [5.74, 6) is 0.662. The zero-order valence-corrected chi connectivity index (χ0v) is 15.6. The van der Waals surface area contributed by atoms with E-state index >= 15 is 0 Å². The number of hydrogen-bond donors (Lipinski definition) is 1. The molecule has 0 amide bonds. The summed E-state index contributed by atoms with van der Waals surface area (Å²) in [7, 11) is 0. The lowest BCUT2D eigenvalue weighted by molar-refractivity contribution is -0.380. The van der Waals surface area contributed by atoms with Crippen molar-refractivity contribution in [3.8, 4) is 0 Å². The highest BCUT2D eigenvalue weighted by Crippen LogP contribution is 2.42. The van der Waals surface area contributed by atoms with Gasteiger partial charge < -0.3 is 5.32 Å². The van der Waals surface area contributed by atoms with Crippen molar-refractivity contribution >= 4 is 41.2 Å². The number of nitro groups is 1. The molecule has 2 fully saturated rings. The van der Waals surface area contributed by atoms with Crippen LogP contribution in [0.15, 0.2) is 12.1 Å². The maximum atomic E-state index is 11.0. The third-order valence-electron chi connectivity index (χ3n) is 4.73. The molecule has 23 heavy (non-hydrogen) atoms. The summed E-state index contributed by atoms with van der Waals surface area (Å²) in [6.07, 6.45) is 6.48. The molecule has 1 aliphatic heterocycles. The number of thiophene rings is 1. The molecule has 1 saturated heterocycles. The molecule has 1 N–H and O–H groups in total.